The second-order valence-corrected chi connectivity index (χ2v) is 7.57. The largest absolute Gasteiger partial charge is 0.335 e. The molecule has 0 atom stereocenters. The van der Waals surface area contributed by atoms with Crippen LogP contribution in [-0.4, -0.2) is 36.3 Å². The first-order valence-corrected chi connectivity index (χ1v) is 10.0. The highest BCUT2D eigenvalue weighted by molar-refractivity contribution is 7.99. The maximum Gasteiger partial charge on any atom is 0.235 e. The van der Waals surface area contributed by atoms with E-state index in [0.717, 1.165) is 24.6 Å². The Morgan fingerprint density at radius 3 is 2.89 bits per heavy atom. The lowest BCUT2D eigenvalue weighted by Crippen LogP contribution is -2.20. The van der Waals surface area contributed by atoms with Crippen LogP contribution in [0.1, 0.15) is 31.7 Å². The number of anilines is 1. The summed E-state index contributed by atoms with van der Waals surface area (Å²) in [5, 5.41) is 15.6. The van der Waals surface area contributed by atoms with Gasteiger partial charge in [-0.2, -0.15) is 5.10 Å². The van der Waals surface area contributed by atoms with Crippen LogP contribution in [0.3, 0.4) is 0 Å². The number of hydrogen-bond donors (Lipinski definition) is 2. The molecule has 2 heterocycles. The van der Waals surface area contributed by atoms with Gasteiger partial charge in [-0.1, -0.05) is 36.7 Å². The van der Waals surface area contributed by atoms with E-state index in [1.165, 1.54) is 29.7 Å². The lowest BCUT2D eigenvalue weighted by Gasteiger charge is -2.14. The minimum absolute atomic E-state index is 0.119. The quantitative estimate of drug-likeness (QED) is 0.486. The SMILES string of the molecule is Nn1c(SCC(=O)Nc2ccnn2C2CCCC2)nnc1-c1cccc(F)c1. The van der Waals surface area contributed by atoms with Gasteiger partial charge in [0, 0.05) is 11.6 Å². The molecule has 1 saturated carbocycles. The van der Waals surface area contributed by atoms with Crippen molar-refractivity contribution in [2.24, 2.45) is 0 Å². The van der Waals surface area contributed by atoms with E-state index in [0.29, 0.717) is 28.4 Å². The summed E-state index contributed by atoms with van der Waals surface area (Å²) in [4.78, 5) is 12.4. The standard InChI is InChI=1S/C18H20FN7OS/c19-13-5-3-4-12(10-13)17-23-24-18(25(17)20)28-11-16(27)22-15-8-9-21-26(15)14-6-1-2-7-14/h3-5,8-10,14H,1-2,6-7,11,20H2,(H,22,27). The summed E-state index contributed by atoms with van der Waals surface area (Å²) in [6, 6.07) is 8.10. The number of hydrogen-bond acceptors (Lipinski definition) is 6. The second-order valence-electron chi connectivity index (χ2n) is 6.62. The molecule has 8 nitrogen and oxygen atoms in total. The Morgan fingerprint density at radius 2 is 2.11 bits per heavy atom. The fourth-order valence-electron chi connectivity index (χ4n) is 3.36. The van der Waals surface area contributed by atoms with Crippen molar-refractivity contribution < 1.29 is 9.18 Å². The predicted octanol–water partition coefficient (Wildman–Crippen LogP) is 2.84. The third-order valence-corrected chi connectivity index (χ3v) is 5.63. The summed E-state index contributed by atoms with van der Waals surface area (Å²) in [7, 11) is 0. The van der Waals surface area contributed by atoms with Gasteiger partial charge < -0.3 is 11.2 Å². The topological polar surface area (TPSA) is 104 Å². The number of rotatable bonds is 6. The fourth-order valence-corrected chi connectivity index (χ4v) is 4.02. The van der Waals surface area contributed by atoms with Gasteiger partial charge in [0.05, 0.1) is 18.0 Å². The van der Waals surface area contributed by atoms with Crippen molar-refractivity contribution in [2.75, 3.05) is 16.9 Å². The minimum Gasteiger partial charge on any atom is -0.335 e. The number of thioether (sulfide) groups is 1. The first kappa shape index (κ1) is 18.5. The second kappa shape index (κ2) is 8.01. The first-order chi connectivity index (χ1) is 13.6. The van der Waals surface area contributed by atoms with Gasteiger partial charge in [-0.3, -0.25) is 4.79 Å². The molecule has 0 radical (unpaired) electrons. The molecule has 1 aliphatic carbocycles. The summed E-state index contributed by atoms with van der Waals surface area (Å²) in [6.07, 6.45) is 6.24. The van der Waals surface area contributed by atoms with Gasteiger partial charge in [0.2, 0.25) is 11.1 Å². The minimum atomic E-state index is -0.382. The van der Waals surface area contributed by atoms with E-state index in [9.17, 15) is 9.18 Å². The van der Waals surface area contributed by atoms with Crippen molar-refractivity contribution in [2.45, 2.75) is 36.9 Å². The van der Waals surface area contributed by atoms with Crippen molar-refractivity contribution in [1.29, 1.82) is 0 Å². The highest BCUT2D eigenvalue weighted by Crippen LogP contribution is 2.31. The molecule has 1 fully saturated rings. The zero-order valence-corrected chi connectivity index (χ0v) is 15.9. The van der Waals surface area contributed by atoms with Crippen molar-refractivity contribution in [3.63, 3.8) is 0 Å². The molecule has 4 rings (SSSR count). The predicted molar refractivity (Wildman–Crippen MR) is 105 cm³/mol. The number of carbonyl (C=O) groups excluding carboxylic acids is 1. The van der Waals surface area contributed by atoms with Crippen LogP contribution in [0, 0.1) is 5.82 Å². The van der Waals surface area contributed by atoms with E-state index < -0.39 is 0 Å². The third-order valence-electron chi connectivity index (χ3n) is 4.69. The van der Waals surface area contributed by atoms with E-state index in [1.807, 2.05) is 4.68 Å². The highest BCUT2D eigenvalue weighted by atomic mass is 32.2. The zero-order valence-electron chi connectivity index (χ0n) is 15.1. The summed E-state index contributed by atoms with van der Waals surface area (Å²) >= 11 is 1.16. The molecule has 10 heteroatoms. The number of nitrogens with one attached hydrogen (secondary N) is 1. The Bertz CT molecular complexity index is 980. The third kappa shape index (κ3) is 3.86. The van der Waals surface area contributed by atoms with Gasteiger partial charge in [-0.15, -0.1) is 10.2 Å². The van der Waals surface area contributed by atoms with Crippen molar-refractivity contribution in [3.8, 4) is 11.4 Å². The fraction of sp³-hybridized carbons (Fsp3) is 0.333. The average Bonchev–Trinajstić information content (AvgIpc) is 3.41. The molecule has 0 saturated heterocycles. The number of nitrogens with two attached hydrogens (primary N) is 1. The molecule has 3 N–H and O–H groups in total. The Morgan fingerprint density at radius 1 is 1.29 bits per heavy atom. The zero-order chi connectivity index (χ0) is 19.5. The smallest absolute Gasteiger partial charge is 0.235 e. The molecule has 1 amide bonds. The number of nitrogen functional groups attached to an aromatic ring is 1. The maximum absolute atomic E-state index is 13.4. The molecule has 1 aliphatic rings. The number of nitrogens with zero attached hydrogens (tertiary/aromatic N) is 5. The van der Waals surface area contributed by atoms with E-state index in [1.54, 1.807) is 24.4 Å². The van der Waals surface area contributed by atoms with Crippen LogP contribution in [0.2, 0.25) is 0 Å². The molecule has 1 aromatic carbocycles. The normalized spacial score (nSPS) is 14.5. The van der Waals surface area contributed by atoms with Crippen LogP contribution in [0.25, 0.3) is 11.4 Å². The molecule has 0 unspecified atom stereocenters. The van der Waals surface area contributed by atoms with Crippen molar-refractivity contribution >= 4 is 23.5 Å². The first-order valence-electron chi connectivity index (χ1n) is 9.04. The number of halogens is 1. The molecular weight excluding hydrogens is 381 g/mol. The Labute approximate surface area is 165 Å². The molecule has 0 aliphatic heterocycles. The van der Waals surface area contributed by atoms with Crippen molar-refractivity contribution in [1.82, 2.24) is 24.7 Å². The van der Waals surface area contributed by atoms with Gasteiger partial charge in [0.1, 0.15) is 11.6 Å². The number of amides is 1. The lowest BCUT2D eigenvalue weighted by molar-refractivity contribution is -0.113. The summed E-state index contributed by atoms with van der Waals surface area (Å²) in [6.45, 7) is 0. The Hall–Kier alpha value is -2.88. The van der Waals surface area contributed by atoms with Crippen LogP contribution in [0.15, 0.2) is 41.7 Å². The molecule has 28 heavy (non-hydrogen) atoms. The highest BCUT2D eigenvalue weighted by Gasteiger charge is 2.21. The molecule has 3 aromatic rings. The summed E-state index contributed by atoms with van der Waals surface area (Å²) in [5.74, 6) is 6.61. The van der Waals surface area contributed by atoms with Gasteiger partial charge in [0.15, 0.2) is 5.82 Å². The molecule has 146 valence electrons. The van der Waals surface area contributed by atoms with Crippen LogP contribution in [-0.2, 0) is 4.79 Å². The van der Waals surface area contributed by atoms with Crippen LogP contribution in [0.4, 0.5) is 10.2 Å². The Kier molecular flexibility index (Phi) is 5.29. The molecule has 0 spiro atoms. The Balaban J connectivity index is 1.39. The molecule has 0 bridgehead atoms. The van der Waals surface area contributed by atoms with Gasteiger partial charge in [0.25, 0.3) is 0 Å². The molecule has 2 aromatic heterocycles. The maximum atomic E-state index is 13.4. The van der Waals surface area contributed by atoms with E-state index in [2.05, 4.69) is 20.6 Å². The van der Waals surface area contributed by atoms with E-state index in [-0.39, 0.29) is 17.5 Å². The number of carbonyl (C=O) groups is 1. The van der Waals surface area contributed by atoms with Crippen LogP contribution >= 0.6 is 11.8 Å². The monoisotopic (exact) mass is 401 g/mol. The number of benzene rings is 1. The average molecular weight is 401 g/mol. The van der Waals surface area contributed by atoms with Gasteiger partial charge in [-0.05, 0) is 25.0 Å². The summed E-state index contributed by atoms with van der Waals surface area (Å²) < 4.78 is 16.6. The van der Waals surface area contributed by atoms with Gasteiger partial charge in [-0.25, -0.2) is 13.7 Å². The summed E-state index contributed by atoms with van der Waals surface area (Å²) in [5.41, 5.74) is 0.520. The lowest BCUT2D eigenvalue weighted by atomic mass is 10.2. The molecular formula is C18H20FN7OS. The number of aromatic nitrogens is 5. The van der Waals surface area contributed by atoms with Gasteiger partial charge >= 0.3 is 0 Å². The van der Waals surface area contributed by atoms with Crippen LogP contribution in [0.5, 0.6) is 0 Å². The van der Waals surface area contributed by atoms with Crippen molar-refractivity contribution in [3.05, 3.63) is 42.3 Å². The van der Waals surface area contributed by atoms with E-state index in [4.69, 9.17) is 5.84 Å². The van der Waals surface area contributed by atoms with Crippen LogP contribution < -0.4 is 11.2 Å². The van der Waals surface area contributed by atoms with E-state index >= 15 is 0 Å².